The Morgan fingerprint density at radius 1 is 0.800 bits per heavy atom. The fourth-order valence-electron chi connectivity index (χ4n) is 4.03. The van der Waals surface area contributed by atoms with Crippen LogP contribution in [0.15, 0.2) is 36.4 Å². The largest absolute Gasteiger partial charge is 0.426 e. The maximum Gasteiger partial charge on any atom is 0.426 e. The molecule has 1 saturated carbocycles. The highest BCUT2D eigenvalue weighted by Gasteiger charge is 2.37. The molecule has 1 aliphatic heterocycles. The summed E-state index contributed by atoms with van der Waals surface area (Å²) in [7, 11) is 0. The zero-order valence-corrected chi connectivity index (χ0v) is 16.1. The number of rotatable bonds is 5. The molecule has 0 radical (unpaired) electrons. The van der Waals surface area contributed by atoms with Gasteiger partial charge in [-0.1, -0.05) is 31.7 Å². The number of halogens is 5. The Morgan fingerprint density at radius 3 is 2.13 bits per heavy atom. The number of ether oxygens (including phenoxy) is 3. The van der Waals surface area contributed by atoms with Gasteiger partial charge in [-0.2, -0.15) is 8.78 Å². The van der Waals surface area contributed by atoms with Crippen LogP contribution in [0.4, 0.5) is 22.0 Å². The highest BCUT2D eigenvalue weighted by atomic mass is 19.3. The van der Waals surface area contributed by atoms with Crippen molar-refractivity contribution in [3.63, 3.8) is 0 Å². The quantitative estimate of drug-likeness (QED) is 0.540. The van der Waals surface area contributed by atoms with E-state index in [1.807, 2.05) is 0 Å². The lowest BCUT2D eigenvalue weighted by molar-refractivity contribution is -0.212. The van der Waals surface area contributed by atoms with Gasteiger partial charge in [-0.3, -0.25) is 0 Å². The third-order valence-corrected chi connectivity index (χ3v) is 5.71. The number of hydrogen-bond donors (Lipinski definition) is 0. The van der Waals surface area contributed by atoms with Gasteiger partial charge >= 0.3 is 6.11 Å². The zero-order chi connectivity index (χ0) is 21.3. The van der Waals surface area contributed by atoms with Crippen molar-refractivity contribution in [2.24, 2.45) is 11.8 Å². The highest BCUT2D eigenvalue weighted by Crippen LogP contribution is 2.38. The third kappa shape index (κ3) is 4.44. The molecule has 0 atom stereocenters. The van der Waals surface area contributed by atoms with E-state index in [1.165, 1.54) is 18.9 Å². The molecule has 162 valence electrons. The molecule has 0 unspecified atom stereocenters. The van der Waals surface area contributed by atoms with Gasteiger partial charge in [0.15, 0.2) is 29.5 Å². The van der Waals surface area contributed by atoms with Gasteiger partial charge in [0.1, 0.15) is 0 Å². The lowest BCUT2D eigenvalue weighted by Gasteiger charge is -2.32. The minimum Gasteiger partial charge on any atom is -0.426 e. The maximum atomic E-state index is 14.4. The van der Waals surface area contributed by atoms with Gasteiger partial charge in [-0.25, -0.2) is 13.2 Å². The molecule has 0 amide bonds. The minimum atomic E-state index is -4.05. The van der Waals surface area contributed by atoms with Gasteiger partial charge in [0, 0.05) is 11.5 Å². The van der Waals surface area contributed by atoms with Crippen molar-refractivity contribution in [3.8, 4) is 5.75 Å². The molecule has 0 aromatic heterocycles. The molecule has 8 heteroatoms. The molecule has 0 bridgehead atoms. The summed E-state index contributed by atoms with van der Waals surface area (Å²) in [6.45, 7) is 1.01. The van der Waals surface area contributed by atoms with E-state index in [4.69, 9.17) is 9.47 Å². The Morgan fingerprint density at radius 2 is 1.50 bits per heavy atom. The molecule has 4 rings (SSSR count). The SMILES string of the molecule is Fc1ccc(C(F)(F)Oc2ccc(C3OCC(C4CCCC4)CO3)cc2F)cc1F. The van der Waals surface area contributed by atoms with Crippen LogP contribution in [0.3, 0.4) is 0 Å². The van der Waals surface area contributed by atoms with Crippen molar-refractivity contribution in [2.75, 3.05) is 13.2 Å². The second-order valence-corrected chi connectivity index (χ2v) is 7.74. The summed E-state index contributed by atoms with van der Waals surface area (Å²) < 4.78 is 85.0. The van der Waals surface area contributed by atoms with Crippen molar-refractivity contribution < 1.29 is 36.2 Å². The van der Waals surface area contributed by atoms with Gasteiger partial charge in [0.25, 0.3) is 0 Å². The van der Waals surface area contributed by atoms with E-state index in [0.717, 1.165) is 25.0 Å². The Kier molecular flexibility index (Phi) is 5.97. The molecule has 0 N–H and O–H groups in total. The van der Waals surface area contributed by atoms with Crippen LogP contribution in [-0.4, -0.2) is 13.2 Å². The van der Waals surface area contributed by atoms with Crippen LogP contribution in [0.25, 0.3) is 0 Å². The zero-order valence-electron chi connectivity index (χ0n) is 16.1. The fraction of sp³-hybridized carbons (Fsp3) is 0.455. The molecule has 1 aliphatic carbocycles. The van der Waals surface area contributed by atoms with Crippen LogP contribution in [0.1, 0.15) is 43.1 Å². The monoisotopic (exact) mass is 428 g/mol. The van der Waals surface area contributed by atoms with Crippen LogP contribution in [0.5, 0.6) is 5.75 Å². The fourth-order valence-corrected chi connectivity index (χ4v) is 4.03. The average molecular weight is 428 g/mol. The van der Waals surface area contributed by atoms with E-state index >= 15 is 0 Å². The van der Waals surface area contributed by atoms with E-state index in [2.05, 4.69) is 4.74 Å². The van der Waals surface area contributed by atoms with Crippen LogP contribution >= 0.6 is 0 Å². The van der Waals surface area contributed by atoms with Crippen molar-refractivity contribution in [3.05, 3.63) is 65.0 Å². The maximum absolute atomic E-state index is 14.4. The molecule has 2 aromatic carbocycles. The van der Waals surface area contributed by atoms with Crippen LogP contribution in [-0.2, 0) is 15.6 Å². The standard InChI is InChI=1S/C22H21F5O3/c23-17-7-6-16(10-18(17)24)22(26,27)30-20-8-5-14(9-19(20)25)21-28-11-15(12-29-21)13-3-1-2-4-13/h5-10,13,15,21H,1-4,11-12H2. The molecule has 3 nitrogen and oxygen atoms in total. The van der Waals surface area contributed by atoms with E-state index in [9.17, 15) is 22.0 Å². The summed E-state index contributed by atoms with van der Waals surface area (Å²) in [5, 5.41) is 0. The summed E-state index contributed by atoms with van der Waals surface area (Å²) >= 11 is 0. The topological polar surface area (TPSA) is 27.7 Å². The lowest BCUT2D eigenvalue weighted by Crippen LogP contribution is -2.31. The van der Waals surface area contributed by atoms with Crippen LogP contribution in [0, 0.1) is 29.3 Å². The second kappa shape index (κ2) is 8.51. The molecule has 2 aliphatic rings. The van der Waals surface area contributed by atoms with Gasteiger partial charge in [0.05, 0.1) is 18.8 Å². The predicted octanol–water partition coefficient (Wildman–Crippen LogP) is 6.08. The summed E-state index contributed by atoms with van der Waals surface area (Å²) in [5.74, 6) is -3.60. The van der Waals surface area contributed by atoms with E-state index in [-0.39, 0.29) is 0 Å². The first-order chi connectivity index (χ1) is 14.3. The molecule has 1 saturated heterocycles. The second-order valence-electron chi connectivity index (χ2n) is 7.74. The minimum absolute atomic E-state index is 0.311. The van der Waals surface area contributed by atoms with E-state index in [1.54, 1.807) is 0 Å². The van der Waals surface area contributed by atoms with Crippen molar-refractivity contribution in [1.29, 1.82) is 0 Å². The van der Waals surface area contributed by atoms with Gasteiger partial charge < -0.3 is 14.2 Å². The predicted molar refractivity (Wildman–Crippen MR) is 97.4 cm³/mol. The Balaban J connectivity index is 1.42. The molecule has 0 spiro atoms. The molecule has 2 aromatic rings. The van der Waals surface area contributed by atoms with Gasteiger partial charge in [-0.05, 0) is 36.2 Å². The Labute approximate surface area is 170 Å². The van der Waals surface area contributed by atoms with E-state index < -0.39 is 41.2 Å². The molecule has 2 fully saturated rings. The van der Waals surface area contributed by atoms with Crippen LogP contribution in [0.2, 0.25) is 0 Å². The third-order valence-electron chi connectivity index (χ3n) is 5.71. The van der Waals surface area contributed by atoms with Crippen LogP contribution < -0.4 is 4.74 Å². The van der Waals surface area contributed by atoms with Gasteiger partial charge in [-0.15, -0.1) is 0 Å². The summed E-state index contributed by atoms with van der Waals surface area (Å²) in [4.78, 5) is 0. The Hall–Kier alpha value is -2.19. The van der Waals surface area contributed by atoms with Crippen molar-refractivity contribution in [1.82, 2.24) is 0 Å². The molecular formula is C22H21F5O3. The number of hydrogen-bond acceptors (Lipinski definition) is 3. The average Bonchev–Trinajstić information content (AvgIpc) is 3.26. The first-order valence-corrected chi connectivity index (χ1v) is 9.88. The first-order valence-electron chi connectivity index (χ1n) is 9.88. The van der Waals surface area contributed by atoms with Crippen molar-refractivity contribution >= 4 is 0 Å². The normalized spacial score (nSPS) is 23.0. The Bertz CT molecular complexity index is 890. The van der Waals surface area contributed by atoms with E-state index in [0.29, 0.717) is 48.8 Å². The summed E-state index contributed by atoms with van der Waals surface area (Å²) in [6.07, 6.45) is -0.0794. The number of alkyl halides is 2. The van der Waals surface area contributed by atoms with Gasteiger partial charge in [0.2, 0.25) is 0 Å². The summed E-state index contributed by atoms with van der Waals surface area (Å²) in [6, 6.07) is 4.96. The molecule has 1 heterocycles. The van der Waals surface area contributed by atoms with Crippen molar-refractivity contribution in [2.45, 2.75) is 38.1 Å². The smallest absolute Gasteiger partial charge is 0.426 e. The molecule has 30 heavy (non-hydrogen) atoms. The number of benzene rings is 2. The lowest BCUT2D eigenvalue weighted by atomic mass is 9.92. The molecular weight excluding hydrogens is 407 g/mol. The summed E-state index contributed by atoms with van der Waals surface area (Å²) in [5.41, 5.74) is -0.581. The first kappa shape index (κ1) is 21.1. The highest BCUT2D eigenvalue weighted by molar-refractivity contribution is 5.31.